The Morgan fingerprint density at radius 3 is 2.49 bits per heavy atom. The molecule has 0 bridgehead atoms. The van der Waals surface area contributed by atoms with Crippen LogP contribution in [0.1, 0.15) is 27.2 Å². The quantitative estimate of drug-likeness (QED) is 0.413. The molecule has 1 fully saturated rings. The molecule has 0 unspecified atom stereocenters. The number of likely N-dealkylation sites (tertiary alicyclic amines) is 1. The highest BCUT2D eigenvalue weighted by Crippen LogP contribution is 2.35. The Kier molecular flexibility index (Phi) is 6.29. The Bertz CT molecular complexity index is 1290. The third-order valence-electron chi connectivity index (χ3n) is 5.50. The number of nitrogens with zero attached hydrogens (tertiary/aromatic N) is 3. The third-order valence-corrected chi connectivity index (χ3v) is 5.50. The number of amides is 1. The molecule has 182 valence electrons. The minimum atomic E-state index is -1.16. The molecule has 0 radical (unpaired) electrons. The number of carbonyl (C=O) groups is 2. The van der Waals surface area contributed by atoms with Gasteiger partial charge in [-0.05, 0) is 26.8 Å². The van der Waals surface area contributed by atoms with Gasteiger partial charge in [0.1, 0.15) is 23.5 Å². The van der Waals surface area contributed by atoms with Crippen LogP contribution in [-0.2, 0) is 9.53 Å². The molecule has 1 amide bonds. The average Bonchev–Trinajstić information content (AvgIpc) is 3.22. The first kappa shape index (κ1) is 23.9. The zero-order chi connectivity index (χ0) is 25.3. The van der Waals surface area contributed by atoms with Crippen molar-refractivity contribution >= 4 is 28.7 Å². The van der Waals surface area contributed by atoms with Crippen molar-refractivity contribution in [1.29, 1.82) is 0 Å². The van der Waals surface area contributed by atoms with Crippen LogP contribution in [0.15, 0.2) is 54.6 Å². The lowest BCUT2D eigenvalue weighted by Crippen LogP contribution is -2.43. The third kappa shape index (κ3) is 5.32. The number of carbonyl (C=O) groups excluding carboxylic acids is 1. The number of aromatic nitrogens is 1. The fraction of sp³-hybridized carbons (Fsp3) is 0.320. The highest BCUT2D eigenvalue weighted by molar-refractivity contribution is 5.90. The number of nitro benzene ring substituents is 1. The summed E-state index contributed by atoms with van der Waals surface area (Å²) in [5.74, 6) is -0.847. The van der Waals surface area contributed by atoms with E-state index in [2.05, 4.69) is 4.98 Å². The van der Waals surface area contributed by atoms with Gasteiger partial charge in [0.25, 0.3) is 5.69 Å². The lowest BCUT2D eigenvalue weighted by molar-refractivity contribution is -0.384. The topological polar surface area (TPSA) is 132 Å². The number of hydrogen-bond donors (Lipinski definition) is 1. The summed E-state index contributed by atoms with van der Waals surface area (Å²) in [7, 11) is 0. The lowest BCUT2D eigenvalue weighted by Gasteiger charge is -2.26. The largest absolute Gasteiger partial charge is 0.488 e. The summed E-state index contributed by atoms with van der Waals surface area (Å²) in [6.07, 6.45) is -1.37. The number of aliphatic carboxylic acids is 1. The minimum absolute atomic E-state index is 0.00864. The summed E-state index contributed by atoms with van der Waals surface area (Å²) in [6, 6.07) is 14.2. The van der Waals surface area contributed by atoms with E-state index in [4.69, 9.17) is 9.47 Å². The van der Waals surface area contributed by atoms with Crippen LogP contribution in [-0.4, -0.2) is 56.3 Å². The van der Waals surface area contributed by atoms with E-state index in [0.717, 1.165) is 10.5 Å². The molecule has 35 heavy (non-hydrogen) atoms. The molecule has 1 aliphatic rings. The van der Waals surface area contributed by atoms with Gasteiger partial charge < -0.3 is 14.6 Å². The normalized spacial score (nSPS) is 17.9. The predicted octanol–water partition coefficient (Wildman–Crippen LogP) is 4.65. The second-order valence-corrected chi connectivity index (χ2v) is 9.29. The summed E-state index contributed by atoms with van der Waals surface area (Å²) in [5, 5.41) is 21.5. The summed E-state index contributed by atoms with van der Waals surface area (Å²) < 4.78 is 11.6. The van der Waals surface area contributed by atoms with Crippen molar-refractivity contribution in [3.8, 4) is 17.0 Å². The van der Waals surface area contributed by atoms with Crippen molar-refractivity contribution in [3.05, 3.63) is 64.7 Å². The van der Waals surface area contributed by atoms with Gasteiger partial charge in [0.2, 0.25) is 0 Å². The molecule has 4 rings (SSSR count). The van der Waals surface area contributed by atoms with Gasteiger partial charge in [0.05, 0.1) is 22.7 Å². The van der Waals surface area contributed by atoms with Crippen LogP contribution >= 0.6 is 0 Å². The first-order chi connectivity index (χ1) is 16.5. The van der Waals surface area contributed by atoms with Gasteiger partial charge in [0.15, 0.2) is 0 Å². The number of fused-ring (bicyclic) bond motifs is 1. The van der Waals surface area contributed by atoms with Crippen molar-refractivity contribution in [3.63, 3.8) is 0 Å². The van der Waals surface area contributed by atoms with Crippen molar-refractivity contribution in [2.75, 3.05) is 6.54 Å². The lowest BCUT2D eigenvalue weighted by atomic mass is 10.1. The summed E-state index contributed by atoms with van der Waals surface area (Å²) in [6.45, 7) is 5.09. The van der Waals surface area contributed by atoms with Crippen LogP contribution in [0, 0.1) is 10.1 Å². The average molecular weight is 479 g/mol. The molecule has 1 aliphatic heterocycles. The highest BCUT2D eigenvalue weighted by atomic mass is 16.6. The summed E-state index contributed by atoms with van der Waals surface area (Å²) in [4.78, 5) is 41.1. The number of ether oxygens (including phenoxy) is 2. The van der Waals surface area contributed by atoms with Crippen molar-refractivity contribution in [2.45, 2.75) is 44.9 Å². The molecule has 1 N–H and O–H groups in total. The van der Waals surface area contributed by atoms with Gasteiger partial charge in [-0.2, -0.15) is 0 Å². The van der Waals surface area contributed by atoms with E-state index < -0.39 is 34.7 Å². The number of nitro groups is 1. The van der Waals surface area contributed by atoms with Crippen LogP contribution in [0.3, 0.4) is 0 Å². The fourth-order valence-electron chi connectivity index (χ4n) is 3.97. The van der Waals surface area contributed by atoms with Crippen LogP contribution in [0.2, 0.25) is 0 Å². The second kappa shape index (κ2) is 9.21. The Morgan fingerprint density at radius 1 is 1.14 bits per heavy atom. The van der Waals surface area contributed by atoms with E-state index in [1.807, 2.05) is 30.3 Å². The molecule has 2 heterocycles. The van der Waals surface area contributed by atoms with E-state index >= 15 is 0 Å². The molecule has 0 aliphatic carbocycles. The molecule has 2 aromatic carbocycles. The molecular weight excluding hydrogens is 454 g/mol. The van der Waals surface area contributed by atoms with Gasteiger partial charge >= 0.3 is 12.1 Å². The van der Waals surface area contributed by atoms with Gasteiger partial charge in [-0.1, -0.05) is 30.3 Å². The number of benzene rings is 2. The fourth-order valence-corrected chi connectivity index (χ4v) is 3.97. The van der Waals surface area contributed by atoms with Crippen LogP contribution in [0.5, 0.6) is 5.75 Å². The highest BCUT2D eigenvalue weighted by Gasteiger charge is 2.43. The standard InChI is InChI=1S/C25H25N3O7/c1-25(2,3)35-24(31)27-14-17(12-21(27)23(29)30)34-22-13-20(15-7-5-4-6-8-15)26-19-10-9-16(28(32)33)11-18(19)22/h4-11,13,17,21H,12,14H2,1-3H3,(H,29,30)/t17-,21+/m1/s1. The van der Waals surface area contributed by atoms with E-state index in [1.54, 1.807) is 32.9 Å². The Labute approximate surface area is 201 Å². The van der Waals surface area contributed by atoms with Crippen LogP contribution in [0.4, 0.5) is 10.5 Å². The predicted molar refractivity (Wildman–Crippen MR) is 127 cm³/mol. The van der Waals surface area contributed by atoms with Crippen molar-refractivity contribution < 1.29 is 29.1 Å². The van der Waals surface area contributed by atoms with E-state index in [1.165, 1.54) is 12.1 Å². The maximum Gasteiger partial charge on any atom is 0.411 e. The van der Waals surface area contributed by atoms with Gasteiger partial charge in [-0.15, -0.1) is 0 Å². The molecule has 3 aromatic rings. The maximum absolute atomic E-state index is 12.6. The molecule has 0 saturated carbocycles. The van der Waals surface area contributed by atoms with Gasteiger partial charge in [-0.3, -0.25) is 15.0 Å². The Hall–Kier alpha value is -4.21. The number of pyridine rings is 1. The molecular formula is C25H25N3O7. The molecule has 1 saturated heterocycles. The molecule has 0 spiro atoms. The number of rotatable bonds is 5. The zero-order valence-electron chi connectivity index (χ0n) is 19.5. The number of carboxylic acids is 1. The second-order valence-electron chi connectivity index (χ2n) is 9.29. The first-order valence-electron chi connectivity index (χ1n) is 11.1. The molecule has 2 atom stereocenters. The number of non-ortho nitro benzene ring substituents is 1. The van der Waals surface area contributed by atoms with E-state index in [0.29, 0.717) is 22.3 Å². The van der Waals surface area contributed by atoms with Crippen molar-refractivity contribution in [2.24, 2.45) is 0 Å². The Balaban J connectivity index is 1.71. The Morgan fingerprint density at radius 2 is 1.86 bits per heavy atom. The number of hydrogen-bond acceptors (Lipinski definition) is 7. The summed E-state index contributed by atoms with van der Waals surface area (Å²) >= 11 is 0. The maximum atomic E-state index is 12.6. The first-order valence-corrected chi connectivity index (χ1v) is 11.1. The van der Waals surface area contributed by atoms with Gasteiger partial charge in [-0.25, -0.2) is 14.6 Å². The van der Waals surface area contributed by atoms with Crippen molar-refractivity contribution in [1.82, 2.24) is 9.88 Å². The SMILES string of the molecule is CC(C)(C)OC(=O)N1C[C@H](Oc2cc(-c3ccccc3)nc3ccc([N+](=O)[O-])cc23)C[C@H]1C(=O)O. The van der Waals surface area contributed by atoms with Gasteiger partial charge in [0, 0.05) is 35.6 Å². The molecule has 10 nitrogen and oxygen atoms in total. The smallest absolute Gasteiger partial charge is 0.411 e. The monoisotopic (exact) mass is 479 g/mol. The van der Waals surface area contributed by atoms with E-state index in [-0.39, 0.29) is 18.7 Å². The zero-order valence-corrected chi connectivity index (χ0v) is 19.5. The number of carboxylic acid groups (broad SMARTS) is 1. The minimum Gasteiger partial charge on any atom is -0.488 e. The van der Waals surface area contributed by atoms with E-state index in [9.17, 15) is 24.8 Å². The van der Waals surface area contributed by atoms with Crippen LogP contribution < -0.4 is 4.74 Å². The molecule has 10 heteroatoms. The summed E-state index contributed by atoms with van der Waals surface area (Å²) in [5.41, 5.74) is 0.997. The van der Waals surface area contributed by atoms with Crippen LogP contribution in [0.25, 0.3) is 22.2 Å². The molecule has 1 aromatic heterocycles.